The van der Waals surface area contributed by atoms with Crippen molar-refractivity contribution in [2.24, 2.45) is 5.92 Å². The summed E-state index contributed by atoms with van der Waals surface area (Å²) in [6.45, 7) is 3.40. The second-order valence-electron chi connectivity index (χ2n) is 4.09. The Hall–Kier alpha value is -1.67. The summed E-state index contributed by atoms with van der Waals surface area (Å²) in [7, 11) is 0. The van der Waals surface area contributed by atoms with Crippen LogP contribution in [0.3, 0.4) is 0 Å². The van der Waals surface area contributed by atoms with E-state index in [0.717, 1.165) is 19.5 Å². The van der Waals surface area contributed by atoms with Gasteiger partial charge in [0, 0.05) is 25.2 Å². The topological polar surface area (TPSA) is 73.0 Å². The van der Waals surface area contributed by atoms with Crippen molar-refractivity contribution in [2.45, 2.75) is 19.4 Å². The summed E-state index contributed by atoms with van der Waals surface area (Å²) in [4.78, 5) is 10.3. The normalized spacial score (nSPS) is 21.8. The third kappa shape index (κ3) is 2.12. The molecule has 2 rings (SSSR count). The molecule has 1 fully saturated rings. The molecule has 1 aliphatic rings. The molecule has 0 aromatic carbocycles. The van der Waals surface area contributed by atoms with Gasteiger partial charge in [0.25, 0.3) is 0 Å². The van der Waals surface area contributed by atoms with Gasteiger partial charge < -0.3 is 10.0 Å². The van der Waals surface area contributed by atoms with E-state index in [1.165, 1.54) is 0 Å². The summed E-state index contributed by atoms with van der Waals surface area (Å²) in [6, 6.07) is 3.59. The van der Waals surface area contributed by atoms with Crippen LogP contribution in [0.4, 0.5) is 5.95 Å². The fourth-order valence-corrected chi connectivity index (χ4v) is 1.93. The number of aliphatic hydroxyl groups excluding tert-OH is 1. The first-order valence-electron chi connectivity index (χ1n) is 5.37. The minimum atomic E-state index is -0.302. The average Bonchev–Trinajstić information content (AvgIpc) is 2.78. The van der Waals surface area contributed by atoms with Crippen molar-refractivity contribution in [3.8, 4) is 6.07 Å². The van der Waals surface area contributed by atoms with E-state index in [1.54, 1.807) is 19.2 Å². The highest BCUT2D eigenvalue weighted by atomic mass is 16.3. The van der Waals surface area contributed by atoms with E-state index >= 15 is 0 Å². The maximum atomic E-state index is 9.50. The molecule has 0 saturated carbocycles. The van der Waals surface area contributed by atoms with Crippen LogP contribution in [-0.2, 0) is 0 Å². The van der Waals surface area contributed by atoms with Crippen molar-refractivity contribution in [1.82, 2.24) is 9.97 Å². The van der Waals surface area contributed by atoms with Gasteiger partial charge in [0.05, 0.1) is 6.10 Å². The van der Waals surface area contributed by atoms with E-state index in [2.05, 4.69) is 9.97 Å². The lowest BCUT2D eigenvalue weighted by molar-refractivity contribution is 0.136. The summed E-state index contributed by atoms with van der Waals surface area (Å²) < 4.78 is 0. The molecule has 16 heavy (non-hydrogen) atoms. The highest BCUT2D eigenvalue weighted by molar-refractivity contribution is 5.35. The summed E-state index contributed by atoms with van der Waals surface area (Å²) in [5.41, 5.74) is 0.380. The van der Waals surface area contributed by atoms with Crippen molar-refractivity contribution in [3.05, 3.63) is 18.0 Å². The Morgan fingerprint density at radius 3 is 3.12 bits per heavy atom. The predicted octanol–water partition coefficient (Wildman–Crippen LogP) is 0.555. The number of hydrogen-bond acceptors (Lipinski definition) is 5. The molecule has 5 heteroatoms. The van der Waals surface area contributed by atoms with Crippen molar-refractivity contribution >= 4 is 5.95 Å². The van der Waals surface area contributed by atoms with Crippen LogP contribution in [0.2, 0.25) is 0 Å². The van der Waals surface area contributed by atoms with E-state index in [0.29, 0.717) is 11.6 Å². The fourth-order valence-electron chi connectivity index (χ4n) is 1.93. The van der Waals surface area contributed by atoms with Gasteiger partial charge in [-0.25, -0.2) is 9.97 Å². The SMILES string of the molecule is CC(O)C1CCN(c2nccc(C#N)n2)C1. The molecule has 5 nitrogen and oxygen atoms in total. The molecule has 1 aromatic rings. The van der Waals surface area contributed by atoms with Crippen LogP contribution < -0.4 is 4.90 Å². The maximum absolute atomic E-state index is 9.50. The number of nitriles is 1. The van der Waals surface area contributed by atoms with Gasteiger partial charge in [-0.15, -0.1) is 0 Å². The monoisotopic (exact) mass is 218 g/mol. The Balaban J connectivity index is 2.12. The molecule has 0 spiro atoms. The van der Waals surface area contributed by atoms with E-state index < -0.39 is 0 Å². The summed E-state index contributed by atoms with van der Waals surface area (Å²) in [5.74, 6) is 0.858. The predicted molar refractivity (Wildman–Crippen MR) is 58.7 cm³/mol. The van der Waals surface area contributed by atoms with Gasteiger partial charge in [-0.05, 0) is 19.4 Å². The maximum Gasteiger partial charge on any atom is 0.226 e. The lowest BCUT2D eigenvalue weighted by Crippen LogP contribution is -2.25. The molecule has 1 aromatic heterocycles. The van der Waals surface area contributed by atoms with E-state index in [-0.39, 0.29) is 12.0 Å². The molecule has 2 heterocycles. The minimum Gasteiger partial charge on any atom is -0.393 e. The quantitative estimate of drug-likeness (QED) is 0.785. The molecule has 1 N–H and O–H groups in total. The first-order chi connectivity index (χ1) is 7.70. The van der Waals surface area contributed by atoms with Crippen LogP contribution in [0.25, 0.3) is 0 Å². The van der Waals surface area contributed by atoms with Crippen molar-refractivity contribution < 1.29 is 5.11 Å². The van der Waals surface area contributed by atoms with Gasteiger partial charge in [-0.1, -0.05) is 0 Å². The molecule has 0 bridgehead atoms. The van der Waals surface area contributed by atoms with Crippen molar-refractivity contribution in [3.63, 3.8) is 0 Å². The Labute approximate surface area is 94.4 Å². The highest BCUT2D eigenvalue weighted by Gasteiger charge is 2.27. The van der Waals surface area contributed by atoms with Crippen LogP contribution in [-0.4, -0.2) is 34.3 Å². The zero-order valence-electron chi connectivity index (χ0n) is 9.17. The number of hydrogen-bond donors (Lipinski definition) is 1. The van der Waals surface area contributed by atoms with Gasteiger partial charge >= 0.3 is 0 Å². The number of rotatable bonds is 2. The zero-order valence-corrected chi connectivity index (χ0v) is 9.17. The van der Waals surface area contributed by atoms with Gasteiger partial charge in [-0.2, -0.15) is 5.26 Å². The molecular weight excluding hydrogens is 204 g/mol. The van der Waals surface area contributed by atoms with Crippen LogP contribution >= 0.6 is 0 Å². The first kappa shape index (κ1) is 10.8. The fraction of sp³-hybridized carbons (Fsp3) is 0.545. The third-order valence-electron chi connectivity index (χ3n) is 2.95. The number of aliphatic hydroxyl groups is 1. The Morgan fingerprint density at radius 1 is 1.69 bits per heavy atom. The lowest BCUT2D eigenvalue weighted by Gasteiger charge is -2.17. The summed E-state index contributed by atoms with van der Waals surface area (Å²) >= 11 is 0. The average molecular weight is 218 g/mol. The van der Waals surface area contributed by atoms with Crippen LogP contribution in [0.15, 0.2) is 12.3 Å². The number of aromatic nitrogens is 2. The Morgan fingerprint density at radius 2 is 2.50 bits per heavy atom. The first-order valence-corrected chi connectivity index (χ1v) is 5.37. The molecule has 0 radical (unpaired) electrons. The Bertz CT molecular complexity index is 413. The number of nitrogens with zero attached hydrogens (tertiary/aromatic N) is 4. The molecule has 1 saturated heterocycles. The summed E-state index contributed by atoms with van der Waals surface area (Å²) in [5, 5.41) is 18.2. The molecule has 1 aliphatic heterocycles. The van der Waals surface area contributed by atoms with Gasteiger partial charge in [-0.3, -0.25) is 0 Å². The largest absolute Gasteiger partial charge is 0.393 e. The highest BCUT2D eigenvalue weighted by Crippen LogP contribution is 2.22. The van der Waals surface area contributed by atoms with Crippen molar-refractivity contribution in [1.29, 1.82) is 5.26 Å². The molecular formula is C11H14N4O. The molecule has 0 aliphatic carbocycles. The minimum absolute atomic E-state index is 0.273. The smallest absolute Gasteiger partial charge is 0.226 e. The zero-order chi connectivity index (χ0) is 11.5. The third-order valence-corrected chi connectivity index (χ3v) is 2.95. The molecule has 84 valence electrons. The van der Waals surface area contributed by atoms with Crippen molar-refractivity contribution in [2.75, 3.05) is 18.0 Å². The van der Waals surface area contributed by atoms with E-state index in [1.807, 2.05) is 11.0 Å². The molecule has 2 unspecified atom stereocenters. The number of anilines is 1. The van der Waals surface area contributed by atoms with Gasteiger partial charge in [0.2, 0.25) is 5.95 Å². The summed E-state index contributed by atoms with van der Waals surface area (Å²) in [6.07, 6.45) is 2.23. The standard InChI is InChI=1S/C11H14N4O/c1-8(16)9-3-5-15(7-9)11-13-4-2-10(6-12)14-11/h2,4,8-9,16H,3,5,7H2,1H3. The van der Waals surface area contributed by atoms with Crippen LogP contribution in [0.5, 0.6) is 0 Å². The second-order valence-corrected chi connectivity index (χ2v) is 4.09. The lowest BCUT2D eigenvalue weighted by atomic mass is 10.0. The van der Waals surface area contributed by atoms with E-state index in [4.69, 9.17) is 5.26 Å². The molecule has 2 atom stereocenters. The van der Waals surface area contributed by atoms with Gasteiger partial charge in [0.15, 0.2) is 0 Å². The second kappa shape index (κ2) is 4.45. The van der Waals surface area contributed by atoms with Gasteiger partial charge in [0.1, 0.15) is 11.8 Å². The Kier molecular flexibility index (Phi) is 3.02. The van der Waals surface area contributed by atoms with Crippen LogP contribution in [0, 0.1) is 17.2 Å². The molecule has 0 amide bonds. The van der Waals surface area contributed by atoms with Crippen LogP contribution in [0.1, 0.15) is 19.0 Å². The van der Waals surface area contributed by atoms with E-state index in [9.17, 15) is 5.11 Å².